The predicted molar refractivity (Wildman–Crippen MR) is 295 cm³/mol. The summed E-state index contributed by atoms with van der Waals surface area (Å²) in [4.78, 5) is 30.3. The van der Waals surface area contributed by atoms with E-state index in [4.69, 9.17) is 28.5 Å². The molecule has 10 rings (SSSR count). The Morgan fingerprint density at radius 2 is 1.08 bits per heavy atom. The minimum absolute atomic E-state index is 0.0446. The molecule has 4 amide bonds. The lowest BCUT2D eigenvalue weighted by atomic mass is 10.0. The van der Waals surface area contributed by atoms with E-state index in [1.165, 1.54) is 43.9 Å². The molecule has 0 bridgehead atoms. The molecule has 2 unspecified atom stereocenters. The highest BCUT2D eigenvalue weighted by Gasteiger charge is 2.37. The minimum Gasteiger partial charge on any atom is -0.406 e. The first kappa shape index (κ1) is 61.6. The van der Waals surface area contributed by atoms with E-state index in [9.17, 15) is 41.2 Å². The van der Waals surface area contributed by atoms with E-state index in [0.717, 1.165) is 34.7 Å². The summed E-state index contributed by atoms with van der Waals surface area (Å²) < 4.78 is 85.8. The zero-order valence-electron chi connectivity index (χ0n) is 42.9. The largest absolute Gasteiger partial charge is 0.573 e. The molecule has 0 saturated carbocycles. The van der Waals surface area contributed by atoms with Gasteiger partial charge in [0.25, 0.3) is 0 Å². The normalized spacial score (nSPS) is 14.5. The number of halogens is 10. The van der Waals surface area contributed by atoms with Crippen molar-refractivity contribution >= 4 is 89.9 Å². The molecule has 34 heteroatoms. The van der Waals surface area contributed by atoms with Crippen molar-refractivity contribution in [3.8, 4) is 46.4 Å². The molecular weight excluding hydrogens is 1280 g/mol. The van der Waals surface area contributed by atoms with Gasteiger partial charge in [0.15, 0.2) is 0 Å². The number of amides is 4. The molecule has 0 aliphatic carbocycles. The number of rotatable bonds is 11. The number of hydrogen-bond acceptors (Lipinski definition) is 16. The molecule has 0 radical (unpaired) electrons. The van der Waals surface area contributed by atoms with E-state index in [1.807, 2.05) is 18.0 Å². The number of benzene rings is 4. The summed E-state index contributed by atoms with van der Waals surface area (Å²) in [5.41, 5.74) is 4.14. The number of aryl methyl sites for hydroxylation is 2. The number of ether oxygens (including phenoxy) is 2. The van der Waals surface area contributed by atoms with Crippen LogP contribution >= 0.6 is 55.1 Å². The van der Waals surface area contributed by atoms with Crippen LogP contribution in [0.2, 0.25) is 10.0 Å². The van der Waals surface area contributed by atoms with E-state index in [0.29, 0.717) is 55.1 Å². The molecule has 0 saturated heterocycles. The van der Waals surface area contributed by atoms with Crippen LogP contribution in [0.25, 0.3) is 22.8 Å². The maximum absolute atomic E-state index is 13.6. The molecule has 8 aromatic rings. The molecule has 4 aromatic heterocycles. The monoisotopic (exact) mass is 1310 g/mol. The molecule has 2 aliphatic rings. The Hall–Kier alpha value is -8.98. The van der Waals surface area contributed by atoms with Gasteiger partial charge in [0, 0.05) is 44.9 Å². The number of nitrogens with one attached hydrogen (secondary N) is 1. The summed E-state index contributed by atoms with van der Waals surface area (Å²) >= 11 is 17.9. The number of nitriles is 2. The van der Waals surface area contributed by atoms with Crippen molar-refractivity contribution < 1.29 is 45.4 Å². The molecule has 6 heterocycles. The Balaban J connectivity index is 0.000000219. The maximum Gasteiger partial charge on any atom is 0.573 e. The molecule has 4 aromatic carbocycles. The summed E-state index contributed by atoms with van der Waals surface area (Å²) in [5, 5.41) is 65.4. The lowest BCUT2D eigenvalue weighted by molar-refractivity contribution is -0.275. The number of aromatic nitrogens is 12. The number of carbonyl (C=O) groups excluding carboxylic acids is 2. The zero-order chi connectivity index (χ0) is 60.0. The molecule has 2 atom stereocenters. The van der Waals surface area contributed by atoms with E-state index in [-0.39, 0.29) is 31.0 Å². The quantitative estimate of drug-likeness (QED) is 0.0717. The summed E-state index contributed by atoms with van der Waals surface area (Å²) in [6.45, 7) is -0.202. The average Bonchev–Trinajstić information content (AvgIpc) is 3.74. The molecule has 0 spiro atoms. The van der Waals surface area contributed by atoms with Crippen LogP contribution in [0.5, 0.6) is 11.5 Å². The van der Waals surface area contributed by atoms with E-state index in [2.05, 4.69) is 97.9 Å². The van der Waals surface area contributed by atoms with Crippen LogP contribution in [-0.4, -0.2) is 137 Å². The van der Waals surface area contributed by atoms with Crippen LogP contribution in [-0.2, 0) is 14.1 Å². The van der Waals surface area contributed by atoms with Crippen molar-refractivity contribution in [2.24, 2.45) is 24.3 Å². The number of hydrogen-bond donors (Lipinski definition) is 1. The number of tetrazole rings is 2. The standard InChI is InChI=1S/C24H18ClF3N10O2.C22H17ClF3N9O2.C2H2BrN.CH3Br/c1-35-33-22(31-34-35)16-12-30-37(13-16)20-14-38(32-21(20)15-2-4-17(25)5-3-15)23(39)36(11-10-29)18-6-8-19(9-7-18)40-24(26,27)28;1-33-31-20(29-32-33)14-10-27-34(11-14)18-12-35(30-19(18)13-2-4-15(23)5-3-13)21(36)28-16-6-8-17(9-7-16)37-22(24,25)26;3-1-2-4;1-2/h2-9,12-13,20H,11,14H2,1H3;2-11,18H,12H2,1H3,(H,28,36);1H2;1H3. The zero-order valence-corrected chi connectivity index (χ0v) is 47.6. The molecular formula is C49H40Br2Cl2F6N20O4. The van der Waals surface area contributed by atoms with Gasteiger partial charge >= 0.3 is 24.8 Å². The topological polar surface area (TPSA) is 269 Å². The van der Waals surface area contributed by atoms with Gasteiger partial charge in [-0.1, -0.05) is 79.3 Å². The lowest BCUT2D eigenvalue weighted by Gasteiger charge is -2.24. The van der Waals surface area contributed by atoms with Gasteiger partial charge in [0.05, 0.1) is 79.6 Å². The van der Waals surface area contributed by atoms with Crippen molar-refractivity contribution in [3.63, 3.8) is 0 Å². The minimum atomic E-state index is -4.86. The Labute approximate surface area is 492 Å². The van der Waals surface area contributed by atoms with Crippen LogP contribution in [0.4, 0.5) is 47.3 Å². The SMILES string of the molecule is CBr.Cn1nnc(-c2cnn(C3CN(C(=O)N(CC#N)c4ccc(OC(F)(F)F)cc4)N=C3c3ccc(Cl)cc3)c2)n1.Cn1nnc(-c2cnn(C3CN(C(=O)Nc4ccc(OC(F)(F)F)cc4)N=C3c3ccc(Cl)cc3)c2)n1.N#CCBr. The van der Waals surface area contributed by atoms with E-state index < -0.39 is 48.4 Å². The van der Waals surface area contributed by atoms with Crippen molar-refractivity contribution in [2.45, 2.75) is 24.8 Å². The highest BCUT2D eigenvalue weighted by atomic mass is 79.9. The highest BCUT2D eigenvalue weighted by molar-refractivity contribution is 9.09. The fraction of sp³-hybridized carbons (Fsp3) is 0.224. The number of carbonyl (C=O) groups is 2. The first-order chi connectivity index (χ1) is 39.7. The molecule has 1 N–H and O–H groups in total. The Morgan fingerprint density at radius 3 is 1.48 bits per heavy atom. The molecule has 2 aliphatic heterocycles. The third-order valence-corrected chi connectivity index (χ3v) is 11.9. The number of hydrazone groups is 2. The number of alkyl halides is 8. The summed E-state index contributed by atoms with van der Waals surface area (Å²) in [6, 6.07) is 24.8. The van der Waals surface area contributed by atoms with Crippen molar-refractivity contribution in [3.05, 3.63) is 143 Å². The first-order valence-electron chi connectivity index (χ1n) is 23.5. The Kier molecular flexibility index (Phi) is 20.5. The maximum atomic E-state index is 13.6. The van der Waals surface area contributed by atoms with Crippen molar-refractivity contribution in [1.82, 2.24) is 70.0 Å². The second-order valence-electron chi connectivity index (χ2n) is 16.7. The Bertz CT molecular complexity index is 3640. The summed E-state index contributed by atoms with van der Waals surface area (Å²) in [5.74, 6) is 1.71. The van der Waals surface area contributed by atoms with Crippen LogP contribution in [0.15, 0.2) is 132 Å². The van der Waals surface area contributed by atoms with Gasteiger partial charge in [-0.15, -0.1) is 46.7 Å². The molecule has 430 valence electrons. The van der Waals surface area contributed by atoms with Crippen LogP contribution in [0.1, 0.15) is 23.2 Å². The van der Waals surface area contributed by atoms with Crippen molar-refractivity contribution in [2.75, 3.05) is 41.0 Å². The predicted octanol–water partition coefficient (Wildman–Crippen LogP) is 10.1. The third kappa shape index (κ3) is 16.6. The lowest BCUT2D eigenvalue weighted by Crippen LogP contribution is -2.41. The van der Waals surface area contributed by atoms with E-state index in [1.54, 1.807) is 96.8 Å². The van der Waals surface area contributed by atoms with Crippen LogP contribution in [0, 0.1) is 22.7 Å². The smallest absolute Gasteiger partial charge is 0.406 e. The highest BCUT2D eigenvalue weighted by Crippen LogP contribution is 2.32. The van der Waals surface area contributed by atoms with Gasteiger partial charge < -0.3 is 14.8 Å². The molecule has 83 heavy (non-hydrogen) atoms. The van der Waals surface area contributed by atoms with Crippen molar-refractivity contribution in [1.29, 1.82) is 10.5 Å². The number of anilines is 2. The van der Waals surface area contributed by atoms with Gasteiger partial charge in [-0.3, -0.25) is 14.3 Å². The fourth-order valence-corrected chi connectivity index (χ4v) is 7.92. The van der Waals surface area contributed by atoms with Crippen LogP contribution in [0.3, 0.4) is 0 Å². The number of urea groups is 2. The average molecular weight is 1320 g/mol. The van der Waals surface area contributed by atoms with Gasteiger partial charge in [-0.2, -0.15) is 40.5 Å². The van der Waals surface area contributed by atoms with Gasteiger partial charge in [-0.05, 0) is 89.1 Å². The fourth-order valence-electron chi connectivity index (χ4n) is 7.67. The van der Waals surface area contributed by atoms with Gasteiger partial charge in [0.1, 0.15) is 30.1 Å². The van der Waals surface area contributed by atoms with Crippen LogP contribution < -0.4 is 19.7 Å². The summed E-state index contributed by atoms with van der Waals surface area (Å²) in [6.07, 6.45) is -3.09. The number of nitrogens with zero attached hydrogens (tertiary/aromatic N) is 19. The third-order valence-electron chi connectivity index (χ3n) is 11.1. The first-order valence-corrected chi connectivity index (χ1v) is 27.0. The van der Waals surface area contributed by atoms with E-state index >= 15 is 0 Å². The molecule has 24 nitrogen and oxygen atoms in total. The van der Waals surface area contributed by atoms with Gasteiger partial charge in [0.2, 0.25) is 11.6 Å². The second-order valence-corrected chi connectivity index (χ2v) is 18.1. The second kappa shape index (κ2) is 27.7. The molecule has 0 fully saturated rings. The van der Waals surface area contributed by atoms with Gasteiger partial charge in [-0.25, -0.2) is 19.6 Å². The Morgan fingerprint density at radius 1 is 0.663 bits per heavy atom. The summed E-state index contributed by atoms with van der Waals surface area (Å²) in [7, 11) is 3.28.